The molecule has 0 aliphatic rings. The Balaban J connectivity index is 4.19. The zero-order valence-corrected chi connectivity index (χ0v) is 38.0. The Labute approximate surface area is 359 Å². The molecule has 4 N–H and O–H groups in total. The number of carbonyl (C=O) groups is 2. The fraction of sp³-hybridized carbons (Fsp3) is 0.708. The summed E-state index contributed by atoms with van der Waals surface area (Å²) in [5.41, 5.74) is 5.36. The Morgan fingerprint density at radius 3 is 1.49 bits per heavy atom. The third-order valence-electron chi connectivity index (χ3n) is 9.47. The third-order valence-corrected chi connectivity index (χ3v) is 10.4. The summed E-state index contributed by atoms with van der Waals surface area (Å²) >= 11 is 0. The first-order valence-electron chi connectivity index (χ1n) is 23.0. The summed E-state index contributed by atoms with van der Waals surface area (Å²) in [5.74, 6) is -1.80. The van der Waals surface area contributed by atoms with Crippen molar-refractivity contribution in [2.24, 2.45) is 5.73 Å². The van der Waals surface area contributed by atoms with Crippen LogP contribution in [0.4, 0.5) is 0 Å². The number of rotatable bonds is 43. The van der Waals surface area contributed by atoms with Crippen LogP contribution in [0.3, 0.4) is 0 Å². The largest absolute Gasteiger partial charge is 0.480 e. The lowest BCUT2D eigenvalue weighted by molar-refractivity contribution is -0.154. The number of ether oxygens (including phenoxy) is 2. The maximum absolute atomic E-state index is 12.6. The molecule has 0 spiro atoms. The van der Waals surface area contributed by atoms with Crippen LogP contribution in [0, 0.1) is 0 Å². The van der Waals surface area contributed by atoms with E-state index in [-0.39, 0.29) is 13.0 Å². The van der Waals surface area contributed by atoms with E-state index in [9.17, 15) is 19.0 Å². The minimum absolute atomic E-state index is 0.00436. The number of carboxylic acid groups (broad SMARTS) is 1. The quantitative estimate of drug-likeness (QED) is 0.0234. The Hall–Kier alpha value is -2.59. The van der Waals surface area contributed by atoms with E-state index in [1.165, 1.54) is 57.8 Å². The SMILES string of the molecule is CC/C=C\C/C=C\C/C=C\C/C=C\C/C=C\CCCCCCCCCCOCC(COP(=O)(O)OCC(N)C(=O)O)OC(=O)CCCCCCC/C=C\CCCCCC. The molecule has 0 bridgehead atoms. The van der Waals surface area contributed by atoms with Crippen molar-refractivity contribution in [2.75, 3.05) is 26.4 Å². The lowest BCUT2D eigenvalue weighted by atomic mass is 10.1. The van der Waals surface area contributed by atoms with Crippen LogP contribution in [-0.4, -0.2) is 60.5 Å². The van der Waals surface area contributed by atoms with Crippen LogP contribution in [-0.2, 0) is 32.7 Å². The summed E-state index contributed by atoms with van der Waals surface area (Å²) in [4.78, 5) is 33.5. The van der Waals surface area contributed by atoms with Crippen LogP contribution < -0.4 is 5.73 Å². The Morgan fingerprint density at radius 1 is 0.559 bits per heavy atom. The standard InChI is InChI=1S/C48H84NO9P/c1-3-5-7-9-11-13-15-17-18-19-20-21-22-23-24-25-26-27-29-31-33-35-37-39-41-55-42-45(43-56-59(53,54)57-44-46(49)48(51)52)58-47(50)40-38-36-34-32-30-28-16-14-12-10-8-6-4-2/h5,7,11,13-14,16-18,20-21,23-24,45-46H,3-4,6,8-10,12,15,19,22,25-44,49H2,1-2H3,(H,51,52)(H,53,54)/b7-5-,13-11-,16-14-,18-17-,21-20-,24-23-. The second-order valence-corrected chi connectivity index (χ2v) is 16.6. The van der Waals surface area contributed by atoms with Gasteiger partial charge in [0.25, 0.3) is 0 Å². The van der Waals surface area contributed by atoms with Crippen molar-refractivity contribution >= 4 is 19.8 Å². The van der Waals surface area contributed by atoms with E-state index >= 15 is 0 Å². The molecule has 0 aliphatic carbocycles. The first kappa shape index (κ1) is 56.4. The van der Waals surface area contributed by atoms with Gasteiger partial charge in [0.05, 0.1) is 19.8 Å². The van der Waals surface area contributed by atoms with Crippen LogP contribution >= 0.6 is 7.82 Å². The van der Waals surface area contributed by atoms with Crippen LogP contribution in [0.2, 0.25) is 0 Å². The van der Waals surface area contributed by atoms with Gasteiger partial charge in [0.2, 0.25) is 0 Å². The second-order valence-electron chi connectivity index (χ2n) is 15.1. The van der Waals surface area contributed by atoms with Crippen molar-refractivity contribution < 1.29 is 42.7 Å². The number of esters is 1. The summed E-state index contributed by atoms with van der Waals surface area (Å²) in [6.07, 6.45) is 53.8. The van der Waals surface area contributed by atoms with Gasteiger partial charge < -0.3 is 25.2 Å². The monoisotopic (exact) mass is 850 g/mol. The number of hydrogen-bond acceptors (Lipinski definition) is 8. The van der Waals surface area contributed by atoms with Crippen molar-refractivity contribution in [1.29, 1.82) is 0 Å². The molecule has 0 rings (SSSR count). The van der Waals surface area contributed by atoms with E-state index in [1.807, 2.05) is 0 Å². The molecule has 0 aromatic carbocycles. The molecule has 0 aromatic rings. The van der Waals surface area contributed by atoms with Gasteiger partial charge in [-0.05, 0) is 83.5 Å². The highest BCUT2D eigenvalue weighted by molar-refractivity contribution is 7.47. The third kappa shape index (κ3) is 43.3. The Bertz CT molecular complexity index is 1210. The molecule has 11 heteroatoms. The average molecular weight is 850 g/mol. The smallest absolute Gasteiger partial charge is 0.472 e. The molecule has 10 nitrogen and oxygen atoms in total. The first-order chi connectivity index (χ1) is 28.7. The van der Waals surface area contributed by atoms with Gasteiger partial charge in [0, 0.05) is 13.0 Å². The van der Waals surface area contributed by atoms with E-state index in [0.717, 1.165) is 96.3 Å². The Kier molecular flexibility index (Phi) is 41.6. The van der Waals surface area contributed by atoms with Crippen molar-refractivity contribution in [3.63, 3.8) is 0 Å². The molecule has 3 atom stereocenters. The molecule has 0 saturated carbocycles. The molecule has 0 saturated heterocycles. The minimum Gasteiger partial charge on any atom is -0.480 e. The summed E-state index contributed by atoms with van der Waals surface area (Å²) < 4.78 is 33.4. The molecule has 0 amide bonds. The van der Waals surface area contributed by atoms with Gasteiger partial charge in [0.1, 0.15) is 12.1 Å². The second kappa shape index (κ2) is 43.5. The first-order valence-corrected chi connectivity index (χ1v) is 24.5. The number of carbonyl (C=O) groups excluding carboxylic acids is 1. The highest BCUT2D eigenvalue weighted by atomic mass is 31.2. The number of nitrogens with two attached hydrogens (primary N) is 1. The molecular formula is C48H84NO9P. The van der Waals surface area contributed by atoms with Gasteiger partial charge in [-0.15, -0.1) is 0 Å². The molecule has 0 radical (unpaired) electrons. The van der Waals surface area contributed by atoms with E-state index in [0.29, 0.717) is 13.0 Å². The zero-order chi connectivity index (χ0) is 43.3. The highest BCUT2D eigenvalue weighted by Gasteiger charge is 2.27. The van der Waals surface area contributed by atoms with Crippen LogP contribution in [0.25, 0.3) is 0 Å². The highest BCUT2D eigenvalue weighted by Crippen LogP contribution is 2.43. The van der Waals surface area contributed by atoms with Crippen molar-refractivity contribution in [2.45, 2.75) is 193 Å². The lowest BCUT2D eigenvalue weighted by Gasteiger charge is -2.20. The zero-order valence-electron chi connectivity index (χ0n) is 37.1. The minimum atomic E-state index is -4.62. The van der Waals surface area contributed by atoms with Crippen LogP contribution in [0.5, 0.6) is 0 Å². The van der Waals surface area contributed by atoms with E-state index in [2.05, 4.69) is 86.8 Å². The fourth-order valence-corrected chi connectivity index (χ4v) is 6.70. The van der Waals surface area contributed by atoms with Crippen LogP contribution in [0.1, 0.15) is 181 Å². The lowest BCUT2D eigenvalue weighted by Crippen LogP contribution is -2.34. The molecule has 0 heterocycles. The fourth-order valence-electron chi connectivity index (χ4n) is 5.92. The van der Waals surface area contributed by atoms with Crippen LogP contribution in [0.15, 0.2) is 72.9 Å². The average Bonchev–Trinajstić information content (AvgIpc) is 3.21. The molecule has 59 heavy (non-hydrogen) atoms. The normalized spacial score (nSPS) is 14.5. The summed E-state index contributed by atoms with van der Waals surface area (Å²) in [6, 6.07) is -1.48. The van der Waals surface area contributed by atoms with Gasteiger partial charge >= 0.3 is 19.8 Å². The van der Waals surface area contributed by atoms with Gasteiger partial charge in [0.15, 0.2) is 0 Å². The predicted molar refractivity (Wildman–Crippen MR) is 244 cm³/mol. The number of allylic oxidation sites excluding steroid dienone is 12. The van der Waals surface area contributed by atoms with Gasteiger partial charge in [-0.2, -0.15) is 0 Å². The number of phosphoric acid groups is 1. The number of aliphatic carboxylic acids is 1. The van der Waals surface area contributed by atoms with Crippen molar-refractivity contribution in [3.8, 4) is 0 Å². The van der Waals surface area contributed by atoms with Crippen molar-refractivity contribution in [3.05, 3.63) is 72.9 Å². The van der Waals surface area contributed by atoms with E-state index < -0.39 is 45.1 Å². The molecular weight excluding hydrogens is 765 g/mol. The molecule has 0 aliphatic heterocycles. The maximum atomic E-state index is 12.6. The number of unbranched alkanes of at least 4 members (excludes halogenated alkanes) is 17. The van der Waals surface area contributed by atoms with Gasteiger partial charge in [-0.25, -0.2) is 4.57 Å². The summed E-state index contributed by atoms with van der Waals surface area (Å²) in [6.45, 7) is 3.71. The molecule has 0 fully saturated rings. The van der Waals surface area contributed by atoms with Gasteiger partial charge in [-0.1, -0.05) is 164 Å². The molecule has 340 valence electrons. The van der Waals surface area contributed by atoms with E-state index in [1.54, 1.807) is 0 Å². The number of phosphoric ester groups is 1. The topological polar surface area (TPSA) is 155 Å². The Morgan fingerprint density at radius 2 is 0.983 bits per heavy atom. The number of hydrogen-bond donors (Lipinski definition) is 3. The molecule has 3 unspecified atom stereocenters. The summed E-state index contributed by atoms with van der Waals surface area (Å²) in [7, 11) is -4.62. The van der Waals surface area contributed by atoms with E-state index in [4.69, 9.17) is 29.4 Å². The molecule has 0 aromatic heterocycles. The predicted octanol–water partition coefficient (Wildman–Crippen LogP) is 13.0. The maximum Gasteiger partial charge on any atom is 0.472 e. The number of carboxylic acids is 1. The van der Waals surface area contributed by atoms with Crippen molar-refractivity contribution in [1.82, 2.24) is 0 Å². The van der Waals surface area contributed by atoms with Gasteiger partial charge in [-0.3, -0.25) is 18.6 Å². The summed E-state index contributed by atoms with van der Waals surface area (Å²) in [5, 5.41) is 8.90.